The Hall–Kier alpha value is -3.71. The lowest BCUT2D eigenvalue weighted by Crippen LogP contribution is -2.05. The molecule has 172 valence electrons. The number of aromatic nitrogens is 1. The predicted octanol–water partition coefficient (Wildman–Crippen LogP) is 6.88. The van der Waals surface area contributed by atoms with Crippen LogP contribution in [0.25, 0.3) is 28.5 Å². The van der Waals surface area contributed by atoms with Crippen molar-refractivity contribution in [2.75, 3.05) is 14.1 Å². The zero-order valence-corrected chi connectivity index (χ0v) is 20.3. The molecular weight excluding hydrogens is 418 g/mol. The van der Waals surface area contributed by atoms with Crippen LogP contribution < -0.4 is 0 Å². The number of nitriles is 1. The van der Waals surface area contributed by atoms with E-state index in [1.807, 2.05) is 67.7 Å². The molecule has 4 rings (SSSR count). The standard InChI is InChI=1S/C30H31N3O/c1-4-5-6-7-8-11-21-14-16-22(17-15-21)27-25(20-31)26(18-19-33(2)3)32-29-23-12-9-10-13-24(23)30(34)28(27)29/h9-10,12-19H,4-8,11H2,1-3H3/b19-18+. The summed E-state index contributed by atoms with van der Waals surface area (Å²) in [4.78, 5) is 20.2. The van der Waals surface area contributed by atoms with Gasteiger partial charge in [-0.15, -0.1) is 0 Å². The number of ketones is 1. The fraction of sp³-hybridized carbons (Fsp3) is 0.300. The monoisotopic (exact) mass is 449 g/mol. The molecule has 0 atom stereocenters. The predicted molar refractivity (Wildman–Crippen MR) is 138 cm³/mol. The van der Waals surface area contributed by atoms with E-state index in [-0.39, 0.29) is 5.78 Å². The number of pyridine rings is 1. The fourth-order valence-electron chi connectivity index (χ4n) is 4.55. The van der Waals surface area contributed by atoms with E-state index in [1.54, 1.807) is 0 Å². The third-order valence-corrected chi connectivity index (χ3v) is 6.33. The van der Waals surface area contributed by atoms with E-state index >= 15 is 0 Å². The van der Waals surface area contributed by atoms with Gasteiger partial charge in [0.25, 0.3) is 0 Å². The van der Waals surface area contributed by atoms with Gasteiger partial charge in [0.15, 0.2) is 5.78 Å². The first-order valence-corrected chi connectivity index (χ1v) is 12.1. The second-order valence-electron chi connectivity index (χ2n) is 9.10. The van der Waals surface area contributed by atoms with Crippen LogP contribution in [0.15, 0.2) is 54.7 Å². The molecule has 1 aromatic heterocycles. The molecule has 0 unspecified atom stereocenters. The van der Waals surface area contributed by atoms with Crippen molar-refractivity contribution in [3.05, 3.63) is 82.7 Å². The minimum atomic E-state index is -0.0623. The average molecular weight is 450 g/mol. The highest BCUT2D eigenvalue weighted by Gasteiger charge is 2.33. The molecule has 1 heterocycles. The minimum Gasteiger partial charge on any atom is -0.383 e. The molecule has 0 aliphatic heterocycles. The zero-order valence-electron chi connectivity index (χ0n) is 20.3. The van der Waals surface area contributed by atoms with Crippen molar-refractivity contribution in [2.24, 2.45) is 0 Å². The van der Waals surface area contributed by atoms with Crippen molar-refractivity contribution in [2.45, 2.75) is 45.4 Å². The smallest absolute Gasteiger partial charge is 0.196 e. The molecule has 4 nitrogen and oxygen atoms in total. The normalized spacial score (nSPS) is 12.0. The maximum Gasteiger partial charge on any atom is 0.196 e. The Bertz CT molecular complexity index is 1260. The number of aryl methyl sites for hydroxylation is 1. The zero-order chi connectivity index (χ0) is 24.1. The van der Waals surface area contributed by atoms with Crippen molar-refractivity contribution in [1.29, 1.82) is 5.26 Å². The van der Waals surface area contributed by atoms with E-state index in [0.29, 0.717) is 33.6 Å². The molecule has 3 aromatic rings. The molecule has 4 heteroatoms. The quantitative estimate of drug-likeness (QED) is 0.261. The van der Waals surface area contributed by atoms with Crippen molar-refractivity contribution in [3.8, 4) is 28.5 Å². The minimum absolute atomic E-state index is 0.0623. The third-order valence-electron chi connectivity index (χ3n) is 6.33. The van der Waals surface area contributed by atoms with Crippen molar-refractivity contribution in [1.82, 2.24) is 9.88 Å². The number of fused-ring (bicyclic) bond motifs is 3. The topological polar surface area (TPSA) is 57.0 Å². The van der Waals surface area contributed by atoms with Crippen LogP contribution in [0.1, 0.15) is 71.8 Å². The van der Waals surface area contributed by atoms with Crippen LogP contribution in [-0.4, -0.2) is 29.8 Å². The second-order valence-corrected chi connectivity index (χ2v) is 9.10. The molecule has 0 bridgehead atoms. The van der Waals surface area contributed by atoms with Gasteiger partial charge in [0.1, 0.15) is 6.07 Å². The molecular formula is C30H31N3O. The van der Waals surface area contributed by atoms with E-state index in [2.05, 4.69) is 25.1 Å². The lowest BCUT2D eigenvalue weighted by molar-refractivity contribution is 0.104. The molecule has 0 amide bonds. The Balaban J connectivity index is 1.79. The number of benzene rings is 2. The summed E-state index contributed by atoms with van der Waals surface area (Å²) in [7, 11) is 3.85. The van der Waals surface area contributed by atoms with Crippen LogP contribution in [0, 0.1) is 11.3 Å². The van der Waals surface area contributed by atoms with E-state index in [4.69, 9.17) is 4.98 Å². The highest BCUT2D eigenvalue weighted by atomic mass is 16.1. The highest BCUT2D eigenvalue weighted by molar-refractivity contribution is 6.24. The first kappa shape index (κ1) is 23.4. The van der Waals surface area contributed by atoms with Gasteiger partial charge in [0.2, 0.25) is 0 Å². The maximum atomic E-state index is 13.4. The number of rotatable bonds is 9. The largest absolute Gasteiger partial charge is 0.383 e. The number of unbranched alkanes of at least 4 members (excludes halogenated alkanes) is 4. The molecule has 0 spiro atoms. The summed E-state index contributed by atoms with van der Waals surface area (Å²) in [6.45, 7) is 2.23. The van der Waals surface area contributed by atoms with E-state index in [1.165, 1.54) is 37.7 Å². The third kappa shape index (κ3) is 4.65. The van der Waals surface area contributed by atoms with Gasteiger partial charge in [0.05, 0.1) is 22.5 Å². The molecule has 0 saturated heterocycles. The van der Waals surface area contributed by atoms with Gasteiger partial charge in [-0.3, -0.25) is 4.79 Å². The molecule has 0 radical (unpaired) electrons. The lowest BCUT2D eigenvalue weighted by atomic mass is 9.91. The van der Waals surface area contributed by atoms with Crippen molar-refractivity contribution < 1.29 is 4.79 Å². The average Bonchev–Trinajstić information content (AvgIpc) is 3.14. The van der Waals surface area contributed by atoms with Crippen LogP contribution in [0.3, 0.4) is 0 Å². The lowest BCUT2D eigenvalue weighted by Gasteiger charge is -2.14. The first-order chi connectivity index (χ1) is 16.5. The van der Waals surface area contributed by atoms with Gasteiger partial charge in [-0.2, -0.15) is 5.26 Å². The van der Waals surface area contributed by atoms with Gasteiger partial charge in [0, 0.05) is 37.0 Å². The van der Waals surface area contributed by atoms with Crippen molar-refractivity contribution in [3.63, 3.8) is 0 Å². The Kier molecular flexibility index (Phi) is 7.23. The molecule has 0 saturated carbocycles. The number of carbonyl (C=O) groups excluding carboxylic acids is 1. The second kappa shape index (κ2) is 10.5. The first-order valence-electron chi connectivity index (χ1n) is 12.1. The summed E-state index contributed by atoms with van der Waals surface area (Å²) in [6, 6.07) is 18.3. The maximum absolute atomic E-state index is 13.4. The van der Waals surface area contributed by atoms with Crippen LogP contribution in [-0.2, 0) is 6.42 Å². The molecule has 2 aromatic carbocycles. The van der Waals surface area contributed by atoms with Crippen molar-refractivity contribution >= 4 is 11.9 Å². The van der Waals surface area contributed by atoms with E-state index in [9.17, 15) is 10.1 Å². The van der Waals surface area contributed by atoms with Crippen LogP contribution in [0.5, 0.6) is 0 Å². The van der Waals surface area contributed by atoms with Gasteiger partial charge < -0.3 is 4.90 Å². The molecule has 1 aliphatic carbocycles. The summed E-state index contributed by atoms with van der Waals surface area (Å²) in [5.41, 5.74) is 6.53. The molecule has 1 aliphatic rings. The summed E-state index contributed by atoms with van der Waals surface area (Å²) in [5, 5.41) is 10.2. The number of hydrogen-bond donors (Lipinski definition) is 0. The summed E-state index contributed by atoms with van der Waals surface area (Å²) in [5.74, 6) is -0.0623. The molecule has 0 N–H and O–H groups in total. The van der Waals surface area contributed by atoms with E-state index in [0.717, 1.165) is 17.5 Å². The number of hydrogen-bond acceptors (Lipinski definition) is 4. The molecule has 0 fully saturated rings. The van der Waals surface area contributed by atoms with Gasteiger partial charge in [-0.25, -0.2) is 4.98 Å². The molecule has 34 heavy (non-hydrogen) atoms. The SMILES string of the molecule is CCCCCCCc1ccc(-c2c(C#N)c(/C=C/N(C)C)nc3c2C(=O)c2ccccc2-3)cc1. The van der Waals surface area contributed by atoms with Crippen LogP contribution in [0.2, 0.25) is 0 Å². The number of carbonyl (C=O) groups is 1. The van der Waals surface area contributed by atoms with Gasteiger partial charge in [-0.05, 0) is 30.0 Å². The Morgan fingerprint density at radius 2 is 1.65 bits per heavy atom. The van der Waals surface area contributed by atoms with E-state index < -0.39 is 0 Å². The van der Waals surface area contributed by atoms with Gasteiger partial charge >= 0.3 is 0 Å². The van der Waals surface area contributed by atoms with Crippen LogP contribution >= 0.6 is 0 Å². The summed E-state index contributed by atoms with van der Waals surface area (Å²) < 4.78 is 0. The summed E-state index contributed by atoms with van der Waals surface area (Å²) >= 11 is 0. The summed E-state index contributed by atoms with van der Waals surface area (Å²) in [6.07, 6.45) is 11.0. The van der Waals surface area contributed by atoms with Crippen LogP contribution in [0.4, 0.5) is 0 Å². The van der Waals surface area contributed by atoms with Gasteiger partial charge in [-0.1, -0.05) is 81.1 Å². The fourth-order valence-corrected chi connectivity index (χ4v) is 4.55. The highest BCUT2D eigenvalue weighted by Crippen LogP contribution is 2.43. The Morgan fingerprint density at radius 3 is 2.32 bits per heavy atom. The number of nitrogens with zero attached hydrogens (tertiary/aromatic N) is 3. The Labute approximate surface area is 202 Å². The Morgan fingerprint density at radius 1 is 0.941 bits per heavy atom.